The Morgan fingerprint density at radius 3 is 2.00 bits per heavy atom. The molecule has 0 radical (unpaired) electrons. The van der Waals surface area contributed by atoms with E-state index in [1.54, 1.807) is 20.5 Å². The summed E-state index contributed by atoms with van der Waals surface area (Å²) < 4.78 is 23.3. The third kappa shape index (κ3) is 4.89. The summed E-state index contributed by atoms with van der Waals surface area (Å²) in [6.07, 6.45) is 1.77. The molecule has 6 heteroatoms. The van der Waals surface area contributed by atoms with Crippen molar-refractivity contribution in [2.24, 2.45) is 7.05 Å². The number of benzene rings is 1. The van der Waals surface area contributed by atoms with Crippen molar-refractivity contribution in [1.29, 1.82) is 0 Å². The number of aromatic nitrogens is 2. The number of methoxy groups -OCH3 is 2. The highest BCUT2D eigenvalue weighted by Crippen LogP contribution is 2.32. The zero-order chi connectivity index (χ0) is 16.4. The van der Waals surface area contributed by atoms with Crippen molar-refractivity contribution in [3.05, 3.63) is 18.5 Å². The third-order valence-electron chi connectivity index (χ3n) is 2.88. The van der Waals surface area contributed by atoms with E-state index in [0.29, 0.717) is 37.9 Å². The number of aryl methyl sites for hydroxylation is 1. The molecule has 0 spiro atoms. The third-order valence-corrected chi connectivity index (χ3v) is 2.88. The van der Waals surface area contributed by atoms with Crippen molar-refractivity contribution in [2.75, 3.05) is 40.6 Å². The van der Waals surface area contributed by atoms with E-state index >= 15 is 0 Å². The van der Waals surface area contributed by atoms with Gasteiger partial charge >= 0.3 is 0 Å². The summed E-state index contributed by atoms with van der Waals surface area (Å²) in [5.74, 6) is 1.36. The zero-order valence-corrected chi connectivity index (χ0v) is 14.1. The quantitative estimate of drug-likeness (QED) is 0.702. The Morgan fingerprint density at radius 1 is 0.909 bits per heavy atom. The van der Waals surface area contributed by atoms with Crippen LogP contribution < -0.4 is 9.47 Å². The molecule has 0 bridgehead atoms. The lowest BCUT2D eigenvalue weighted by molar-refractivity contribution is 0.132. The summed E-state index contributed by atoms with van der Waals surface area (Å²) in [6.45, 7) is 5.99. The number of ether oxygens (including phenoxy) is 4. The van der Waals surface area contributed by atoms with E-state index in [9.17, 15) is 0 Å². The van der Waals surface area contributed by atoms with Crippen LogP contribution in [0, 0.1) is 0 Å². The van der Waals surface area contributed by atoms with Crippen LogP contribution in [0.2, 0.25) is 0 Å². The van der Waals surface area contributed by atoms with Crippen LogP contribution >= 0.6 is 0 Å². The topological polar surface area (TPSA) is 54.7 Å². The van der Waals surface area contributed by atoms with E-state index in [4.69, 9.17) is 18.9 Å². The molecule has 124 valence electrons. The SMILES string of the molecule is CC.COCCOc1cc2ncn(C)c2cc1OCCOC. The zero-order valence-electron chi connectivity index (χ0n) is 14.1. The van der Waals surface area contributed by atoms with E-state index in [1.165, 1.54) is 0 Å². The average Bonchev–Trinajstić information content (AvgIpc) is 2.90. The standard InChI is InChI=1S/C14H20N2O4.C2H6/c1-16-10-15-11-8-13(19-6-4-17-2)14(9-12(11)16)20-7-5-18-3;1-2/h8-10H,4-7H2,1-3H3;1-2H3. The van der Waals surface area contributed by atoms with Gasteiger partial charge in [-0.15, -0.1) is 0 Å². The first-order valence-corrected chi connectivity index (χ1v) is 7.44. The minimum Gasteiger partial charge on any atom is -0.487 e. The average molecular weight is 310 g/mol. The molecular formula is C16H26N2O4. The van der Waals surface area contributed by atoms with Gasteiger partial charge in [-0.25, -0.2) is 4.98 Å². The minimum atomic E-state index is 0.468. The maximum Gasteiger partial charge on any atom is 0.163 e. The minimum absolute atomic E-state index is 0.468. The molecule has 2 rings (SSSR count). The molecule has 22 heavy (non-hydrogen) atoms. The van der Waals surface area contributed by atoms with Gasteiger partial charge in [-0.3, -0.25) is 0 Å². The van der Waals surface area contributed by atoms with Crippen LogP contribution in [-0.4, -0.2) is 50.2 Å². The molecule has 0 amide bonds. The predicted molar refractivity (Wildman–Crippen MR) is 86.8 cm³/mol. The molecule has 2 aromatic rings. The highest BCUT2D eigenvalue weighted by molar-refractivity contribution is 5.79. The first-order chi connectivity index (χ1) is 10.8. The molecule has 0 saturated carbocycles. The van der Waals surface area contributed by atoms with E-state index < -0.39 is 0 Å². The maximum absolute atomic E-state index is 5.71. The second kappa shape index (κ2) is 10.0. The van der Waals surface area contributed by atoms with Crippen molar-refractivity contribution in [3.63, 3.8) is 0 Å². The normalized spacial score (nSPS) is 10.2. The van der Waals surface area contributed by atoms with Crippen LogP contribution in [0.25, 0.3) is 11.0 Å². The van der Waals surface area contributed by atoms with E-state index in [1.807, 2.05) is 37.6 Å². The first kappa shape index (κ1) is 18.3. The molecule has 0 aliphatic heterocycles. The summed E-state index contributed by atoms with van der Waals surface area (Å²) in [4.78, 5) is 4.32. The van der Waals surface area contributed by atoms with E-state index in [0.717, 1.165) is 11.0 Å². The first-order valence-electron chi connectivity index (χ1n) is 7.44. The smallest absolute Gasteiger partial charge is 0.163 e. The van der Waals surface area contributed by atoms with Crippen LogP contribution in [0.4, 0.5) is 0 Å². The van der Waals surface area contributed by atoms with Crippen molar-refractivity contribution >= 4 is 11.0 Å². The van der Waals surface area contributed by atoms with Crippen LogP contribution in [0.1, 0.15) is 13.8 Å². The summed E-state index contributed by atoms with van der Waals surface area (Å²) in [6, 6.07) is 3.81. The number of hydrogen-bond donors (Lipinski definition) is 0. The van der Waals surface area contributed by atoms with Gasteiger partial charge in [0, 0.05) is 33.4 Å². The molecule has 6 nitrogen and oxygen atoms in total. The van der Waals surface area contributed by atoms with Gasteiger partial charge in [0.05, 0.1) is 30.6 Å². The van der Waals surface area contributed by atoms with Gasteiger partial charge in [0.1, 0.15) is 13.2 Å². The summed E-state index contributed by atoms with van der Waals surface area (Å²) in [7, 11) is 5.23. The molecule has 0 aliphatic rings. The molecule has 0 N–H and O–H groups in total. The van der Waals surface area contributed by atoms with Crippen molar-refractivity contribution < 1.29 is 18.9 Å². The lowest BCUT2D eigenvalue weighted by atomic mass is 10.2. The Balaban J connectivity index is 0.00000116. The van der Waals surface area contributed by atoms with Crippen LogP contribution in [0.15, 0.2) is 18.5 Å². The van der Waals surface area contributed by atoms with Crippen molar-refractivity contribution in [3.8, 4) is 11.5 Å². The molecule has 1 heterocycles. The summed E-state index contributed by atoms with van der Waals surface area (Å²) in [5.41, 5.74) is 1.87. The van der Waals surface area contributed by atoms with Gasteiger partial charge in [0.15, 0.2) is 11.5 Å². The van der Waals surface area contributed by atoms with Gasteiger partial charge in [-0.1, -0.05) is 13.8 Å². The number of imidazole rings is 1. The second-order valence-electron chi connectivity index (χ2n) is 4.33. The molecule has 0 fully saturated rings. The maximum atomic E-state index is 5.71. The van der Waals surface area contributed by atoms with Crippen LogP contribution in [0.3, 0.4) is 0 Å². The molecular weight excluding hydrogens is 284 g/mol. The largest absolute Gasteiger partial charge is 0.487 e. The molecule has 1 aromatic carbocycles. The highest BCUT2D eigenvalue weighted by Gasteiger charge is 2.11. The van der Waals surface area contributed by atoms with Crippen LogP contribution in [-0.2, 0) is 16.5 Å². The Hall–Kier alpha value is -1.79. The van der Waals surface area contributed by atoms with Gasteiger partial charge in [-0.05, 0) is 0 Å². The van der Waals surface area contributed by atoms with Gasteiger partial charge in [0.25, 0.3) is 0 Å². The van der Waals surface area contributed by atoms with Gasteiger partial charge < -0.3 is 23.5 Å². The Morgan fingerprint density at radius 2 is 1.45 bits per heavy atom. The lowest BCUT2D eigenvalue weighted by Gasteiger charge is -2.13. The van der Waals surface area contributed by atoms with Gasteiger partial charge in [0.2, 0.25) is 0 Å². The number of rotatable bonds is 8. The van der Waals surface area contributed by atoms with E-state index in [-0.39, 0.29) is 0 Å². The fourth-order valence-electron chi connectivity index (χ4n) is 1.83. The lowest BCUT2D eigenvalue weighted by Crippen LogP contribution is -2.08. The highest BCUT2D eigenvalue weighted by atomic mass is 16.5. The fraction of sp³-hybridized carbons (Fsp3) is 0.562. The molecule has 0 unspecified atom stereocenters. The monoisotopic (exact) mass is 310 g/mol. The van der Waals surface area contributed by atoms with Crippen LogP contribution in [0.5, 0.6) is 11.5 Å². The molecule has 0 aliphatic carbocycles. The van der Waals surface area contributed by atoms with Crippen molar-refractivity contribution in [2.45, 2.75) is 13.8 Å². The Kier molecular flexibility index (Phi) is 8.32. The Bertz CT molecular complexity index is 554. The predicted octanol–water partition coefficient (Wildman–Crippen LogP) is 2.65. The summed E-state index contributed by atoms with van der Waals surface area (Å²) in [5, 5.41) is 0. The number of fused-ring (bicyclic) bond motifs is 1. The Labute approximate surface area is 131 Å². The van der Waals surface area contributed by atoms with Gasteiger partial charge in [-0.2, -0.15) is 0 Å². The van der Waals surface area contributed by atoms with Crippen molar-refractivity contribution in [1.82, 2.24) is 9.55 Å². The number of nitrogens with zero attached hydrogens (tertiary/aromatic N) is 2. The number of hydrogen-bond acceptors (Lipinski definition) is 5. The molecule has 0 atom stereocenters. The summed E-state index contributed by atoms with van der Waals surface area (Å²) >= 11 is 0. The molecule has 1 aromatic heterocycles. The fourth-order valence-corrected chi connectivity index (χ4v) is 1.83. The second-order valence-corrected chi connectivity index (χ2v) is 4.33. The van der Waals surface area contributed by atoms with E-state index in [2.05, 4.69) is 4.98 Å². The molecule has 0 saturated heterocycles.